The molecular weight excluding hydrogens is 222 g/mol. The van der Waals surface area contributed by atoms with E-state index < -0.39 is 12.0 Å². The van der Waals surface area contributed by atoms with Crippen LogP contribution in [0, 0.1) is 0 Å². The lowest BCUT2D eigenvalue weighted by atomic mass is 10.1. The number of rotatable bonds is 1. The second-order valence-corrected chi connectivity index (χ2v) is 4.22. The summed E-state index contributed by atoms with van der Waals surface area (Å²) >= 11 is 7.45. The molecule has 1 heterocycles. The highest BCUT2D eigenvalue weighted by molar-refractivity contribution is 7.98. The standard InChI is InChI=1S/C9H8ClNO2S/c1-14-7-3-6-4(2-5(7)10)8(12)9(13)11-6/h2-3,8,12H,1H3,(H,11,13). The number of fused-ring (bicyclic) bond motifs is 1. The fourth-order valence-electron chi connectivity index (χ4n) is 1.40. The molecular formula is C9H8ClNO2S. The van der Waals surface area contributed by atoms with Gasteiger partial charge in [0, 0.05) is 16.1 Å². The van der Waals surface area contributed by atoms with Crippen LogP contribution in [0.3, 0.4) is 0 Å². The van der Waals surface area contributed by atoms with E-state index in [-0.39, 0.29) is 0 Å². The van der Waals surface area contributed by atoms with E-state index in [9.17, 15) is 9.90 Å². The van der Waals surface area contributed by atoms with E-state index >= 15 is 0 Å². The van der Waals surface area contributed by atoms with Crippen molar-refractivity contribution in [2.45, 2.75) is 11.0 Å². The molecule has 1 aliphatic heterocycles. The van der Waals surface area contributed by atoms with Gasteiger partial charge in [0.2, 0.25) is 0 Å². The third kappa shape index (κ3) is 1.39. The number of aliphatic hydroxyl groups excluding tert-OH is 1. The van der Waals surface area contributed by atoms with Crippen LogP contribution < -0.4 is 5.32 Å². The van der Waals surface area contributed by atoms with E-state index in [0.717, 1.165) is 4.90 Å². The Hall–Kier alpha value is -0.710. The summed E-state index contributed by atoms with van der Waals surface area (Å²) in [5, 5.41) is 12.6. The van der Waals surface area contributed by atoms with Crippen LogP contribution >= 0.6 is 23.4 Å². The van der Waals surface area contributed by atoms with E-state index in [1.165, 1.54) is 11.8 Å². The van der Waals surface area contributed by atoms with Gasteiger partial charge in [0.05, 0.1) is 5.02 Å². The van der Waals surface area contributed by atoms with Gasteiger partial charge in [0.25, 0.3) is 5.91 Å². The third-order valence-electron chi connectivity index (χ3n) is 2.12. The van der Waals surface area contributed by atoms with Crippen molar-refractivity contribution < 1.29 is 9.90 Å². The molecule has 0 radical (unpaired) electrons. The number of amides is 1. The normalized spacial score (nSPS) is 19.4. The summed E-state index contributed by atoms with van der Waals surface area (Å²) in [6.07, 6.45) is 0.819. The number of hydrogen-bond acceptors (Lipinski definition) is 3. The number of anilines is 1. The summed E-state index contributed by atoms with van der Waals surface area (Å²) in [5.74, 6) is -0.394. The first-order valence-electron chi connectivity index (χ1n) is 4.00. The van der Waals surface area contributed by atoms with Crippen LogP contribution in [-0.2, 0) is 4.79 Å². The maximum atomic E-state index is 11.1. The van der Waals surface area contributed by atoms with Gasteiger partial charge in [-0.15, -0.1) is 11.8 Å². The van der Waals surface area contributed by atoms with Crippen LogP contribution in [-0.4, -0.2) is 17.3 Å². The van der Waals surface area contributed by atoms with Gasteiger partial charge in [-0.3, -0.25) is 4.79 Å². The molecule has 14 heavy (non-hydrogen) atoms. The summed E-state index contributed by atoms with van der Waals surface area (Å²) in [5.41, 5.74) is 1.20. The van der Waals surface area contributed by atoms with Crippen LogP contribution in [0.5, 0.6) is 0 Å². The maximum Gasteiger partial charge on any atom is 0.257 e. The van der Waals surface area contributed by atoms with Gasteiger partial charge in [-0.2, -0.15) is 0 Å². The third-order valence-corrected chi connectivity index (χ3v) is 3.33. The highest BCUT2D eigenvalue weighted by Crippen LogP contribution is 2.37. The number of carbonyl (C=O) groups is 1. The van der Waals surface area contributed by atoms with Crippen LogP contribution in [0.2, 0.25) is 5.02 Å². The summed E-state index contributed by atoms with van der Waals surface area (Å²) in [7, 11) is 0. The number of aliphatic hydroxyl groups is 1. The van der Waals surface area contributed by atoms with Crippen molar-refractivity contribution in [1.29, 1.82) is 0 Å². The molecule has 1 aromatic carbocycles. The zero-order valence-electron chi connectivity index (χ0n) is 7.37. The minimum absolute atomic E-state index is 0.394. The number of halogens is 1. The average Bonchev–Trinajstić information content (AvgIpc) is 2.43. The summed E-state index contributed by atoms with van der Waals surface area (Å²) in [6, 6.07) is 3.40. The molecule has 5 heteroatoms. The fraction of sp³-hybridized carbons (Fsp3) is 0.222. The number of hydrogen-bond donors (Lipinski definition) is 2. The molecule has 1 unspecified atom stereocenters. The Bertz CT molecular complexity index is 408. The molecule has 2 rings (SSSR count). The Morgan fingerprint density at radius 3 is 2.93 bits per heavy atom. The van der Waals surface area contributed by atoms with E-state index in [1.54, 1.807) is 12.1 Å². The Morgan fingerprint density at radius 2 is 2.29 bits per heavy atom. The summed E-state index contributed by atoms with van der Waals surface area (Å²) in [6.45, 7) is 0. The Balaban J connectivity index is 2.54. The zero-order chi connectivity index (χ0) is 10.3. The molecule has 0 saturated carbocycles. The quantitative estimate of drug-likeness (QED) is 0.725. The molecule has 0 fully saturated rings. The van der Waals surface area contributed by atoms with Gasteiger partial charge in [-0.1, -0.05) is 11.6 Å². The van der Waals surface area contributed by atoms with E-state index in [0.29, 0.717) is 16.3 Å². The van der Waals surface area contributed by atoms with Gasteiger partial charge in [0.15, 0.2) is 6.10 Å². The molecule has 2 N–H and O–H groups in total. The molecule has 0 aromatic heterocycles. The Kier molecular flexibility index (Phi) is 2.43. The molecule has 74 valence electrons. The van der Waals surface area contributed by atoms with Gasteiger partial charge in [-0.25, -0.2) is 0 Å². The molecule has 1 amide bonds. The Labute approximate surface area is 90.5 Å². The van der Waals surface area contributed by atoms with Crippen molar-refractivity contribution >= 4 is 35.0 Å². The fourth-order valence-corrected chi connectivity index (χ4v) is 2.30. The SMILES string of the molecule is CSc1cc2c(cc1Cl)C(O)C(=O)N2. The van der Waals surface area contributed by atoms with Crippen LogP contribution in [0.25, 0.3) is 0 Å². The first kappa shape index (κ1) is 9.83. The minimum atomic E-state index is -1.08. The minimum Gasteiger partial charge on any atom is -0.378 e. The second-order valence-electron chi connectivity index (χ2n) is 2.97. The number of thioether (sulfide) groups is 1. The number of carbonyl (C=O) groups excluding carboxylic acids is 1. The lowest BCUT2D eigenvalue weighted by Crippen LogP contribution is -2.10. The van der Waals surface area contributed by atoms with Crippen molar-refractivity contribution in [2.24, 2.45) is 0 Å². The van der Waals surface area contributed by atoms with Crippen molar-refractivity contribution in [3.8, 4) is 0 Å². The topological polar surface area (TPSA) is 49.3 Å². The van der Waals surface area contributed by atoms with E-state index in [1.807, 2.05) is 6.26 Å². The van der Waals surface area contributed by atoms with Gasteiger partial charge < -0.3 is 10.4 Å². The Morgan fingerprint density at radius 1 is 1.57 bits per heavy atom. The summed E-state index contributed by atoms with van der Waals surface area (Å²) < 4.78 is 0. The predicted octanol–water partition coefficient (Wildman–Crippen LogP) is 2.05. The van der Waals surface area contributed by atoms with E-state index in [4.69, 9.17) is 11.6 Å². The second kappa shape index (κ2) is 3.46. The monoisotopic (exact) mass is 229 g/mol. The van der Waals surface area contributed by atoms with Crippen LogP contribution in [0.4, 0.5) is 5.69 Å². The molecule has 1 atom stereocenters. The predicted molar refractivity (Wildman–Crippen MR) is 56.8 cm³/mol. The first-order chi connectivity index (χ1) is 6.63. The molecule has 1 aliphatic rings. The lowest BCUT2D eigenvalue weighted by molar-refractivity contribution is -0.123. The van der Waals surface area contributed by atoms with E-state index in [2.05, 4.69) is 5.32 Å². The molecule has 3 nitrogen and oxygen atoms in total. The van der Waals surface area contributed by atoms with Crippen molar-refractivity contribution in [2.75, 3.05) is 11.6 Å². The summed E-state index contributed by atoms with van der Waals surface area (Å²) in [4.78, 5) is 12.0. The molecule has 0 aliphatic carbocycles. The molecule has 0 spiro atoms. The van der Waals surface area contributed by atoms with Crippen molar-refractivity contribution in [1.82, 2.24) is 0 Å². The van der Waals surface area contributed by atoms with Crippen molar-refractivity contribution in [3.05, 3.63) is 22.7 Å². The number of benzene rings is 1. The maximum absolute atomic E-state index is 11.1. The molecule has 1 aromatic rings. The van der Waals surface area contributed by atoms with Crippen molar-refractivity contribution in [3.63, 3.8) is 0 Å². The zero-order valence-corrected chi connectivity index (χ0v) is 8.95. The van der Waals surface area contributed by atoms with Crippen LogP contribution in [0.15, 0.2) is 17.0 Å². The number of nitrogens with one attached hydrogen (secondary N) is 1. The smallest absolute Gasteiger partial charge is 0.257 e. The van der Waals surface area contributed by atoms with Gasteiger partial charge in [0.1, 0.15) is 0 Å². The first-order valence-corrected chi connectivity index (χ1v) is 5.60. The average molecular weight is 230 g/mol. The largest absolute Gasteiger partial charge is 0.378 e. The highest BCUT2D eigenvalue weighted by atomic mass is 35.5. The van der Waals surface area contributed by atoms with Crippen LogP contribution in [0.1, 0.15) is 11.7 Å². The van der Waals surface area contributed by atoms with Gasteiger partial charge >= 0.3 is 0 Å². The highest BCUT2D eigenvalue weighted by Gasteiger charge is 2.29. The lowest BCUT2D eigenvalue weighted by Gasteiger charge is -2.05. The van der Waals surface area contributed by atoms with Gasteiger partial charge in [-0.05, 0) is 18.4 Å². The molecule has 0 bridgehead atoms. The molecule has 0 saturated heterocycles.